The number of nitrogens with two attached hydrogens (primary N) is 1. The number of nitrogens with zero attached hydrogens (tertiary/aromatic N) is 1. The number of rotatable bonds is 2. The molecule has 0 aromatic heterocycles. The summed E-state index contributed by atoms with van der Waals surface area (Å²) in [5, 5.41) is 0. The average molecular weight is 370 g/mol. The predicted molar refractivity (Wildman–Crippen MR) is 82.1 cm³/mol. The molecule has 1 aromatic carbocycles. The fraction of sp³-hybridized carbons (Fsp3) is 0.500. The van der Waals surface area contributed by atoms with Crippen molar-refractivity contribution in [2.45, 2.75) is 30.7 Å². The molecule has 2 rings (SSSR count). The van der Waals surface area contributed by atoms with Gasteiger partial charge in [-0.3, -0.25) is 0 Å². The van der Waals surface area contributed by atoms with E-state index in [1.807, 2.05) is 13.0 Å². The van der Waals surface area contributed by atoms with Gasteiger partial charge in [-0.25, -0.2) is 8.42 Å². The third kappa shape index (κ3) is 3.92. The molecule has 0 amide bonds. The Hall–Kier alpha value is -0.140. The number of hydrogen-bond donors (Lipinski definition) is 1. The second kappa shape index (κ2) is 6.54. The van der Waals surface area contributed by atoms with Gasteiger partial charge in [-0.2, -0.15) is 4.31 Å². The first-order valence-electron chi connectivity index (χ1n) is 5.92. The molecular formula is C12H18BrClN2O2S. The Balaban J connectivity index is 0.00000180. The smallest absolute Gasteiger partial charge is 0.243 e. The summed E-state index contributed by atoms with van der Waals surface area (Å²) >= 11 is 3.33. The van der Waals surface area contributed by atoms with Crippen molar-refractivity contribution in [3.63, 3.8) is 0 Å². The van der Waals surface area contributed by atoms with Crippen molar-refractivity contribution >= 4 is 38.4 Å². The Labute approximate surface area is 128 Å². The van der Waals surface area contributed by atoms with E-state index in [9.17, 15) is 8.42 Å². The molecule has 19 heavy (non-hydrogen) atoms. The summed E-state index contributed by atoms with van der Waals surface area (Å²) < 4.78 is 27.2. The van der Waals surface area contributed by atoms with E-state index in [2.05, 4.69) is 15.9 Å². The number of halogens is 2. The summed E-state index contributed by atoms with van der Waals surface area (Å²) in [6.45, 7) is 2.85. The molecule has 1 heterocycles. The molecule has 1 unspecified atom stereocenters. The monoisotopic (exact) mass is 368 g/mol. The van der Waals surface area contributed by atoms with Gasteiger partial charge in [-0.15, -0.1) is 12.4 Å². The van der Waals surface area contributed by atoms with Crippen LogP contribution < -0.4 is 5.73 Å². The zero-order valence-corrected chi connectivity index (χ0v) is 13.9. The van der Waals surface area contributed by atoms with E-state index in [1.165, 1.54) is 4.31 Å². The molecule has 1 saturated heterocycles. The SMILES string of the molecule is Cc1cc(Br)cc(S(=O)(=O)N2CCCC(N)C2)c1.Cl. The van der Waals surface area contributed by atoms with Gasteiger partial charge in [0, 0.05) is 23.6 Å². The van der Waals surface area contributed by atoms with Gasteiger partial charge in [0.05, 0.1) is 4.90 Å². The topological polar surface area (TPSA) is 63.4 Å². The van der Waals surface area contributed by atoms with E-state index in [-0.39, 0.29) is 18.4 Å². The largest absolute Gasteiger partial charge is 0.327 e. The normalized spacial score (nSPS) is 20.9. The van der Waals surface area contributed by atoms with Gasteiger partial charge in [0.1, 0.15) is 0 Å². The first-order chi connectivity index (χ1) is 8.39. The van der Waals surface area contributed by atoms with Crippen molar-refractivity contribution in [2.24, 2.45) is 5.73 Å². The minimum absolute atomic E-state index is 0. The van der Waals surface area contributed by atoms with E-state index in [1.54, 1.807) is 12.1 Å². The molecule has 7 heteroatoms. The minimum atomic E-state index is -3.42. The quantitative estimate of drug-likeness (QED) is 0.870. The number of aryl methyl sites for hydroxylation is 1. The van der Waals surface area contributed by atoms with E-state index >= 15 is 0 Å². The molecule has 1 aliphatic heterocycles. The Morgan fingerprint density at radius 2 is 2.05 bits per heavy atom. The molecule has 2 N–H and O–H groups in total. The Bertz CT molecular complexity index is 530. The minimum Gasteiger partial charge on any atom is -0.327 e. The number of hydrogen-bond acceptors (Lipinski definition) is 3. The fourth-order valence-corrected chi connectivity index (χ4v) is 4.62. The zero-order valence-electron chi connectivity index (χ0n) is 10.7. The highest BCUT2D eigenvalue weighted by molar-refractivity contribution is 9.10. The van der Waals surface area contributed by atoms with Crippen molar-refractivity contribution in [1.29, 1.82) is 0 Å². The number of benzene rings is 1. The van der Waals surface area contributed by atoms with Gasteiger partial charge in [-0.1, -0.05) is 15.9 Å². The molecule has 0 bridgehead atoms. The van der Waals surface area contributed by atoms with E-state index in [4.69, 9.17) is 5.73 Å². The van der Waals surface area contributed by atoms with Crippen LogP contribution in [0.15, 0.2) is 27.6 Å². The lowest BCUT2D eigenvalue weighted by molar-refractivity contribution is 0.316. The molecule has 108 valence electrons. The summed E-state index contributed by atoms with van der Waals surface area (Å²) in [6.07, 6.45) is 1.72. The van der Waals surface area contributed by atoms with Crippen LogP contribution in [0.5, 0.6) is 0 Å². The third-order valence-corrected chi connectivity index (χ3v) is 5.37. The second-order valence-corrected chi connectivity index (χ2v) is 7.58. The molecule has 0 spiro atoms. The highest BCUT2D eigenvalue weighted by Crippen LogP contribution is 2.24. The molecule has 1 atom stereocenters. The molecule has 0 aliphatic carbocycles. The highest BCUT2D eigenvalue weighted by Gasteiger charge is 2.29. The lowest BCUT2D eigenvalue weighted by atomic mass is 10.1. The lowest BCUT2D eigenvalue weighted by Crippen LogP contribution is -2.45. The van der Waals surface area contributed by atoms with E-state index in [0.29, 0.717) is 18.0 Å². The van der Waals surface area contributed by atoms with Crippen LogP contribution in [0.2, 0.25) is 0 Å². The van der Waals surface area contributed by atoms with Gasteiger partial charge in [0.2, 0.25) is 10.0 Å². The molecule has 1 aliphatic rings. The summed E-state index contributed by atoms with van der Waals surface area (Å²) in [6, 6.07) is 5.17. The van der Waals surface area contributed by atoms with Crippen molar-refractivity contribution < 1.29 is 8.42 Å². The molecule has 4 nitrogen and oxygen atoms in total. The van der Waals surface area contributed by atoms with Crippen LogP contribution in [-0.2, 0) is 10.0 Å². The Kier molecular flexibility index (Phi) is 5.82. The maximum atomic E-state index is 12.5. The van der Waals surface area contributed by atoms with Crippen molar-refractivity contribution in [1.82, 2.24) is 4.31 Å². The maximum absolute atomic E-state index is 12.5. The highest BCUT2D eigenvalue weighted by atomic mass is 79.9. The fourth-order valence-electron chi connectivity index (χ4n) is 2.19. The maximum Gasteiger partial charge on any atom is 0.243 e. The average Bonchev–Trinajstić information content (AvgIpc) is 2.27. The van der Waals surface area contributed by atoms with E-state index < -0.39 is 10.0 Å². The number of piperidine rings is 1. The second-order valence-electron chi connectivity index (χ2n) is 4.73. The summed E-state index contributed by atoms with van der Waals surface area (Å²) in [4.78, 5) is 0.337. The molecule has 1 aromatic rings. The van der Waals surface area contributed by atoms with Crippen molar-refractivity contribution in [3.8, 4) is 0 Å². The Morgan fingerprint density at radius 1 is 1.37 bits per heavy atom. The van der Waals surface area contributed by atoms with Crippen LogP contribution in [0.1, 0.15) is 18.4 Å². The van der Waals surface area contributed by atoms with Gasteiger partial charge in [0.25, 0.3) is 0 Å². The first kappa shape index (κ1) is 16.9. The van der Waals surface area contributed by atoms with Gasteiger partial charge in [-0.05, 0) is 43.5 Å². The molecule has 1 fully saturated rings. The molecule has 0 radical (unpaired) electrons. The third-order valence-electron chi connectivity index (χ3n) is 3.07. The van der Waals surface area contributed by atoms with Crippen LogP contribution in [0.3, 0.4) is 0 Å². The van der Waals surface area contributed by atoms with Gasteiger partial charge < -0.3 is 5.73 Å². The summed E-state index contributed by atoms with van der Waals surface area (Å²) in [5.41, 5.74) is 6.76. The summed E-state index contributed by atoms with van der Waals surface area (Å²) in [7, 11) is -3.42. The molecule has 0 saturated carbocycles. The molecular weight excluding hydrogens is 352 g/mol. The first-order valence-corrected chi connectivity index (χ1v) is 8.16. The number of sulfonamides is 1. The van der Waals surface area contributed by atoms with Crippen LogP contribution in [-0.4, -0.2) is 31.9 Å². The predicted octanol–water partition coefficient (Wildman–Crippen LogP) is 2.29. The standard InChI is InChI=1S/C12H17BrN2O2S.ClH/c1-9-5-10(13)7-12(6-9)18(16,17)15-4-2-3-11(14)8-15;/h5-7,11H,2-4,8,14H2,1H3;1H. The summed E-state index contributed by atoms with van der Waals surface area (Å²) in [5.74, 6) is 0. The van der Waals surface area contributed by atoms with Crippen LogP contribution in [0.25, 0.3) is 0 Å². The lowest BCUT2D eigenvalue weighted by Gasteiger charge is -2.30. The Morgan fingerprint density at radius 3 is 2.63 bits per heavy atom. The van der Waals surface area contributed by atoms with E-state index in [0.717, 1.165) is 22.9 Å². The van der Waals surface area contributed by atoms with Crippen molar-refractivity contribution in [3.05, 3.63) is 28.2 Å². The van der Waals surface area contributed by atoms with Gasteiger partial charge in [0.15, 0.2) is 0 Å². The van der Waals surface area contributed by atoms with Crippen LogP contribution in [0.4, 0.5) is 0 Å². The zero-order chi connectivity index (χ0) is 13.3. The van der Waals surface area contributed by atoms with Crippen LogP contribution >= 0.6 is 28.3 Å². The van der Waals surface area contributed by atoms with Gasteiger partial charge >= 0.3 is 0 Å². The van der Waals surface area contributed by atoms with Crippen LogP contribution in [0, 0.1) is 6.92 Å². The van der Waals surface area contributed by atoms with Crippen molar-refractivity contribution in [2.75, 3.05) is 13.1 Å².